The van der Waals surface area contributed by atoms with Crippen molar-refractivity contribution >= 4 is 34.8 Å². The van der Waals surface area contributed by atoms with Crippen LogP contribution in [0.2, 0.25) is 0 Å². The fourth-order valence-corrected chi connectivity index (χ4v) is 4.61. The maximum absolute atomic E-state index is 12.9. The van der Waals surface area contributed by atoms with Crippen molar-refractivity contribution in [2.45, 2.75) is 41.9 Å². The zero-order valence-electron chi connectivity index (χ0n) is 13.8. The molecule has 1 aliphatic rings. The molecule has 0 spiro atoms. The van der Waals surface area contributed by atoms with Crippen LogP contribution in [0.15, 0.2) is 60.7 Å². The number of carbonyl (C=O) groups excluding carboxylic acids is 2. The molecule has 2 aromatic carbocycles. The lowest BCUT2D eigenvalue weighted by Crippen LogP contribution is -2.46. The quantitative estimate of drug-likeness (QED) is 0.519. The third-order valence-corrected chi connectivity index (χ3v) is 6.00. The minimum Gasteiger partial charge on any atom is -0.298 e. The summed E-state index contributed by atoms with van der Waals surface area (Å²) in [4.78, 5) is 24.5. The van der Waals surface area contributed by atoms with Gasteiger partial charge in [-0.05, 0) is 18.4 Å². The van der Waals surface area contributed by atoms with Crippen molar-refractivity contribution in [3.8, 4) is 0 Å². The maximum Gasteiger partial charge on any atom is 0.181 e. The lowest BCUT2D eigenvalue weighted by atomic mass is 9.72. The van der Waals surface area contributed by atoms with Gasteiger partial charge < -0.3 is 0 Å². The molecule has 1 saturated carbocycles. The number of ketones is 2. The van der Waals surface area contributed by atoms with Crippen LogP contribution in [0.25, 0.3) is 0 Å². The van der Waals surface area contributed by atoms with Gasteiger partial charge in [0.25, 0.3) is 0 Å². The molecule has 3 rings (SSSR count). The highest BCUT2D eigenvalue weighted by Gasteiger charge is 2.50. The highest BCUT2D eigenvalue weighted by atomic mass is 35.5. The van der Waals surface area contributed by atoms with E-state index in [2.05, 4.69) is 0 Å². The van der Waals surface area contributed by atoms with Crippen molar-refractivity contribution in [2.24, 2.45) is 0 Å². The first-order valence-electron chi connectivity index (χ1n) is 8.54. The highest BCUT2D eigenvalue weighted by molar-refractivity contribution is 6.40. The van der Waals surface area contributed by atoms with Crippen LogP contribution < -0.4 is 0 Å². The van der Waals surface area contributed by atoms with Crippen molar-refractivity contribution in [1.82, 2.24) is 0 Å². The molecular weight excluding hydrogens is 355 g/mol. The summed E-state index contributed by atoms with van der Waals surface area (Å²) < 4.78 is 0. The average Bonchev–Trinajstić information content (AvgIpc) is 2.65. The Bertz CT molecular complexity index is 745. The topological polar surface area (TPSA) is 34.1 Å². The fraction of sp³-hybridized carbons (Fsp3) is 0.333. The summed E-state index contributed by atoms with van der Waals surface area (Å²) in [6.07, 6.45) is 2.68. The van der Waals surface area contributed by atoms with E-state index in [0.717, 1.165) is 18.4 Å². The van der Waals surface area contributed by atoms with Gasteiger partial charge in [0.15, 0.2) is 11.6 Å². The molecule has 0 saturated heterocycles. The highest BCUT2D eigenvalue weighted by Crippen LogP contribution is 2.46. The third-order valence-electron chi connectivity index (χ3n) is 4.91. The van der Waals surface area contributed by atoms with Crippen molar-refractivity contribution in [2.75, 3.05) is 0 Å². The number of alkyl halides is 2. The van der Waals surface area contributed by atoms with Crippen molar-refractivity contribution < 1.29 is 9.59 Å². The monoisotopic (exact) mass is 374 g/mol. The molecule has 0 bridgehead atoms. The molecule has 0 aliphatic heterocycles. The Hall–Kier alpha value is -1.64. The van der Waals surface area contributed by atoms with E-state index in [4.69, 9.17) is 23.2 Å². The standard InChI is InChI=1S/C21H20Cl2O2/c22-19(20(25)16-11-5-2-6-12-16)18(15-9-3-1-4-10-15)21(23)14-8-7-13-17(21)24/h1-6,9-12,18-19H,7-8,13-14H2/t18-,19+,21-/m1/s1. The summed E-state index contributed by atoms with van der Waals surface area (Å²) in [5, 5.41) is -0.899. The number of hydrogen-bond acceptors (Lipinski definition) is 2. The van der Waals surface area contributed by atoms with Gasteiger partial charge in [-0.2, -0.15) is 0 Å². The van der Waals surface area contributed by atoms with Crippen molar-refractivity contribution in [1.29, 1.82) is 0 Å². The molecule has 1 fully saturated rings. The molecule has 3 atom stereocenters. The molecule has 0 aromatic heterocycles. The largest absolute Gasteiger partial charge is 0.298 e. The Morgan fingerprint density at radius 2 is 1.56 bits per heavy atom. The van der Waals surface area contributed by atoms with Gasteiger partial charge in [-0.3, -0.25) is 9.59 Å². The normalized spacial score (nSPS) is 23.0. The second-order valence-electron chi connectivity index (χ2n) is 6.51. The van der Waals surface area contributed by atoms with Gasteiger partial charge in [-0.1, -0.05) is 67.1 Å². The molecule has 0 amide bonds. The van der Waals surface area contributed by atoms with E-state index in [9.17, 15) is 9.59 Å². The van der Waals surface area contributed by atoms with E-state index >= 15 is 0 Å². The molecule has 0 heterocycles. The zero-order valence-corrected chi connectivity index (χ0v) is 15.3. The smallest absolute Gasteiger partial charge is 0.181 e. The average molecular weight is 375 g/mol. The Balaban J connectivity index is 2.02. The number of halogens is 2. The molecule has 0 unspecified atom stereocenters. The van der Waals surface area contributed by atoms with Crippen LogP contribution in [0.4, 0.5) is 0 Å². The summed E-state index contributed by atoms with van der Waals surface area (Å²) in [5.74, 6) is -0.771. The summed E-state index contributed by atoms with van der Waals surface area (Å²) >= 11 is 13.5. The number of hydrogen-bond donors (Lipinski definition) is 0. The Labute approximate surface area is 158 Å². The van der Waals surface area contributed by atoms with Crippen LogP contribution in [0, 0.1) is 0 Å². The lowest BCUT2D eigenvalue weighted by Gasteiger charge is -2.39. The van der Waals surface area contributed by atoms with Crippen LogP contribution >= 0.6 is 23.2 Å². The minimum atomic E-state index is -1.13. The van der Waals surface area contributed by atoms with E-state index in [0.29, 0.717) is 18.4 Å². The van der Waals surface area contributed by atoms with E-state index in [1.807, 2.05) is 36.4 Å². The predicted molar refractivity (Wildman–Crippen MR) is 102 cm³/mol. The van der Waals surface area contributed by atoms with E-state index in [1.165, 1.54) is 0 Å². The minimum absolute atomic E-state index is 0.0132. The second kappa shape index (κ2) is 7.72. The van der Waals surface area contributed by atoms with Gasteiger partial charge in [0.2, 0.25) is 0 Å². The number of rotatable bonds is 5. The number of benzene rings is 2. The van der Waals surface area contributed by atoms with Crippen LogP contribution in [0.1, 0.15) is 47.5 Å². The van der Waals surface area contributed by atoms with Gasteiger partial charge in [-0.25, -0.2) is 0 Å². The van der Waals surface area contributed by atoms with Gasteiger partial charge >= 0.3 is 0 Å². The van der Waals surface area contributed by atoms with Crippen LogP contribution in [-0.2, 0) is 4.79 Å². The van der Waals surface area contributed by atoms with Crippen LogP contribution in [0.5, 0.6) is 0 Å². The van der Waals surface area contributed by atoms with E-state index in [1.54, 1.807) is 24.3 Å². The summed E-state index contributed by atoms with van der Waals surface area (Å²) in [5.41, 5.74) is 1.36. The predicted octanol–water partition coefficient (Wildman–Crippen LogP) is 5.38. The van der Waals surface area contributed by atoms with Gasteiger partial charge in [0, 0.05) is 17.9 Å². The van der Waals surface area contributed by atoms with Crippen molar-refractivity contribution in [3.63, 3.8) is 0 Å². The second-order valence-corrected chi connectivity index (χ2v) is 7.66. The SMILES string of the molecule is O=C(c1ccccc1)[C@@H](Cl)[C@@H](c1ccccc1)[C@@]1(Cl)CCCCC1=O. The summed E-state index contributed by atoms with van der Waals surface area (Å²) in [7, 11) is 0. The first-order valence-corrected chi connectivity index (χ1v) is 9.36. The Morgan fingerprint density at radius 3 is 2.16 bits per heavy atom. The summed E-state index contributed by atoms with van der Waals surface area (Å²) in [6, 6.07) is 18.4. The molecule has 0 radical (unpaired) electrons. The zero-order chi connectivity index (χ0) is 17.9. The number of carbonyl (C=O) groups is 2. The molecule has 2 aromatic rings. The fourth-order valence-electron chi connectivity index (χ4n) is 3.58. The van der Waals surface area contributed by atoms with Crippen LogP contribution in [-0.4, -0.2) is 21.8 Å². The van der Waals surface area contributed by atoms with Gasteiger partial charge in [0.1, 0.15) is 10.3 Å². The molecular formula is C21H20Cl2O2. The van der Waals surface area contributed by atoms with Gasteiger partial charge in [0.05, 0.1) is 0 Å². The summed E-state index contributed by atoms with van der Waals surface area (Å²) in [6.45, 7) is 0. The van der Waals surface area contributed by atoms with E-state index in [-0.39, 0.29) is 11.6 Å². The first-order chi connectivity index (χ1) is 12.0. The molecule has 4 heteroatoms. The molecule has 1 aliphatic carbocycles. The van der Waals surface area contributed by atoms with Gasteiger partial charge in [-0.15, -0.1) is 23.2 Å². The Kier molecular flexibility index (Phi) is 5.61. The maximum atomic E-state index is 12.9. The van der Waals surface area contributed by atoms with Crippen molar-refractivity contribution in [3.05, 3.63) is 71.8 Å². The number of Topliss-reactive ketones (excluding diaryl/α,β-unsaturated/α-hetero) is 2. The first kappa shape index (κ1) is 18.2. The molecule has 2 nitrogen and oxygen atoms in total. The Morgan fingerprint density at radius 1 is 0.960 bits per heavy atom. The van der Waals surface area contributed by atoms with E-state index < -0.39 is 16.2 Å². The van der Waals surface area contributed by atoms with Crippen LogP contribution in [0.3, 0.4) is 0 Å². The molecule has 130 valence electrons. The third kappa shape index (κ3) is 3.65. The molecule has 25 heavy (non-hydrogen) atoms. The molecule has 0 N–H and O–H groups in total. The lowest BCUT2D eigenvalue weighted by molar-refractivity contribution is -0.123.